The van der Waals surface area contributed by atoms with Crippen LogP contribution in [0, 0.1) is 5.92 Å². The molecule has 0 unspecified atom stereocenters. The van der Waals surface area contributed by atoms with Gasteiger partial charge in [0.05, 0.1) is 25.5 Å². The molecule has 0 fully saturated rings. The zero-order chi connectivity index (χ0) is 14.3. The SMILES string of the molecule is COc1ccc(SCC(=O)N[C@H](CO)C(C)C)cc1. The van der Waals surface area contributed by atoms with Gasteiger partial charge in [-0.05, 0) is 30.2 Å². The van der Waals surface area contributed by atoms with Crippen LogP contribution in [-0.4, -0.2) is 36.5 Å². The van der Waals surface area contributed by atoms with Gasteiger partial charge < -0.3 is 15.2 Å². The van der Waals surface area contributed by atoms with Gasteiger partial charge in [-0.2, -0.15) is 0 Å². The van der Waals surface area contributed by atoms with Gasteiger partial charge >= 0.3 is 0 Å². The summed E-state index contributed by atoms with van der Waals surface area (Å²) in [5.74, 6) is 1.30. The van der Waals surface area contributed by atoms with Crippen molar-refractivity contribution in [3.05, 3.63) is 24.3 Å². The molecular weight excluding hydrogens is 262 g/mol. The number of aliphatic hydroxyl groups is 1. The van der Waals surface area contributed by atoms with Crippen LogP contribution in [0.15, 0.2) is 29.2 Å². The van der Waals surface area contributed by atoms with Crippen LogP contribution in [0.3, 0.4) is 0 Å². The lowest BCUT2D eigenvalue weighted by molar-refractivity contribution is -0.119. The molecular formula is C14H21NO3S. The van der Waals surface area contributed by atoms with E-state index in [2.05, 4.69) is 5.32 Å². The third kappa shape index (κ3) is 5.53. The van der Waals surface area contributed by atoms with Crippen molar-refractivity contribution in [1.82, 2.24) is 5.32 Å². The number of carbonyl (C=O) groups is 1. The first-order valence-corrected chi connectivity index (χ1v) is 7.22. The minimum atomic E-state index is -0.177. The van der Waals surface area contributed by atoms with Crippen molar-refractivity contribution in [2.24, 2.45) is 5.92 Å². The summed E-state index contributed by atoms with van der Waals surface area (Å²) in [5, 5.41) is 12.0. The fraction of sp³-hybridized carbons (Fsp3) is 0.500. The monoisotopic (exact) mass is 283 g/mol. The largest absolute Gasteiger partial charge is 0.497 e. The normalized spacial score (nSPS) is 12.3. The summed E-state index contributed by atoms with van der Waals surface area (Å²) in [4.78, 5) is 12.8. The fourth-order valence-corrected chi connectivity index (χ4v) is 2.20. The molecule has 5 heteroatoms. The van der Waals surface area contributed by atoms with E-state index >= 15 is 0 Å². The average molecular weight is 283 g/mol. The summed E-state index contributed by atoms with van der Waals surface area (Å²) in [5.41, 5.74) is 0. The Morgan fingerprint density at radius 1 is 1.37 bits per heavy atom. The Morgan fingerprint density at radius 3 is 2.47 bits per heavy atom. The van der Waals surface area contributed by atoms with Crippen molar-refractivity contribution < 1.29 is 14.6 Å². The lowest BCUT2D eigenvalue weighted by Gasteiger charge is -2.19. The van der Waals surface area contributed by atoms with Crippen molar-refractivity contribution in [3.63, 3.8) is 0 Å². The van der Waals surface area contributed by atoms with Crippen LogP contribution in [0.1, 0.15) is 13.8 Å². The number of hydrogen-bond donors (Lipinski definition) is 2. The topological polar surface area (TPSA) is 58.6 Å². The average Bonchev–Trinajstić information content (AvgIpc) is 2.42. The Hall–Kier alpha value is -1.20. The van der Waals surface area contributed by atoms with Crippen molar-refractivity contribution in [2.45, 2.75) is 24.8 Å². The molecule has 4 nitrogen and oxygen atoms in total. The van der Waals surface area contributed by atoms with Crippen LogP contribution in [0.5, 0.6) is 5.75 Å². The molecule has 1 rings (SSSR count). The molecule has 19 heavy (non-hydrogen) atoms. The maximum absolute atomic E-state index is 11.7. The summed E-state index contributed by atoms with van der Waals surface area (Å²) in [6.07, 6.45) is 0. The minimum Gasteiger partial charge on any atom is -0.497 e. The second-order valence-corrected chi connectivity index (χ2v) is 5.61. The predicted molar refractivity (Wildman–Crippen MR) is 77.6 cm³/mol. The number of carbonyl (C=O) groups excluding carboxylic acids is 1. The molecule has 0 aliphatic heterocycles. The van der Waals surface area contributed by atoms with Crippen molar-refractivity contribution in [2.75, 3.05) is 19.5 Å². The third-order valence-corrected chi connectivity index (χ3v) is 3.79. The van der Waals surface area contributed by atoms with E-state index in [9.17, 15) is 4.79 Å². The van der Waals surface area contributed by atoms with E-state index < -0.39 is 0 Å². The lowest BCUT2D eigenvalue weighted by Crippen LogP contribution is -2.41. The highest BCUT2D eigenvalue weighted by Crippen LogP contribution is 2.21. The summed E-state index contributed by atoms with van der Waals surface area (Å²) in [7, 11) is 1.62. The van der Waals surface area contributed by atoms with Gasteiger partial charge in [0.2, 0.25) is 5.91 Å². The van der Waals surface area contributed by atoms with Gasteiger partial charge in [0.25, 0.3) is 0 Å². The molecule has 0 radical (unpaired) electrons. The Kier molecular flexibility index (Phi) is 6.73. The van der Waals surface area contributed by atoms with E-state index in [0.717, 1.165) is 10.6 Å². The maximum atomic E-state index is 11.7. The highest BCUT2D eigenvalue weighted by molar-refractivity contribution is 8.00. The Morgan fingerprint density at radius 2 is 2.00 bits per heavy atom. The standard InChI is InChI=1S/C14H21NO3S/c1-10(2)13(8-16)15-14(17)9-19-12-6-4-11(18-3)5-7-12/h4-7,10,13,16H,8-9H2,1-3H3,(H,15,17)/t13-/m1/s1. The van der Waals surface area contributed by atoms with Gasteiger partial charge in [-0.1, -0.05) is 13.8 Å². The zero-order valence-electron chi connectivity index (χ0n) is 11.6. The second kappa shape index (κ2) is 8.07. The second-order valence-electron chi connectivity index (χ2n) is 4.56. The quantitative estimate of drug-likeness (QED) is 0.751. The number of methoxy groups -OCH3 is 1. The Bertz CT molecular complexity index is 392. The Labute approximate surface area is 118 Å². The molecule has 106 valence electrons. The van der Waals surface area contributed by atoms with E-state index in [1.54, 1.807) is 7.11 Å². The fourth-order valence-electron chi connectivity index (χ4n) is 1.49. The highest BCUT2D eigenvalue weighted by atomic mass is 32.2. The number of ether oxygens (including phenoxy) is 1. The van der Waals surface area contributed by atoms with Crippen molar-refractivity contribution in [3.8, 4) is 5.75 Å². The maximum Gasteiger partial charge on any atom is 0.230 e. The van der Waals surface area contributed by atoms with Crippen LogP contribution in [0.2, 0.25) is 0 Å². The van der Waals surface area contributed by atoms with Gasteiger partial charge in [-0.15, -0.1) is 11.8 Å². The number of nitrogens with one attached hydrogen (secondary N) is 1. The van der Waals surface area contributed by atoms with E-state index in [1.807, 2.05) is 38.1 Å². The van der Waals surface area contributed by atoms with Crippen molar-refractivity contribution in [1.29, 1.82) is 0 Å². The molecule has 0 aromatic heterocycles. The number of benzene rings is 1. The summed E-state index contributed by atoms with van der Waals surface area (Å²) < 4.78 is 5.07. The molecule has 0 saturated heterocycles. The van der Waals surface area contributed by atoms with Crippen LogP contribution >= 0.6 is 11.8 Å². The van der Waals surface area contributed by atoms with E-state index in [-0.39, 0.29) is 24.5 Å². The number of rotatable bonds is 7. The van der Waals surface area contributed by atoms with Crippen LogP contribution in [0.4, 0.5) is 0 Å². The zero-order valence-corrected chi connectivity index (χ0v) is 12.4. The molecule has 1 amide bonds. The summed E-state index contributed by atoms with van der Waals surface area (Å²) >= 11 is 1.46. The smallest absolute Gasteiger partial charge is 0.230 e. The minimum absolute atomic E-state index is 0.0311. The first-order valence-electron chi connectivity index (χ1n) is 6.24. The van der Waals surface area contributed by atoms with Crippen molar-refractivity contribution >= 4 is 17.7 Å². The van der Waals surface area contributed by atoms with E-state index in [1.165, 1.54) is 11.8 Å². The Balaban J connectivity index is 2.40. The molecule has 0 spiro atoms. The molecule has 0 saturated carbocycles. The summed E-state index contributed by atoms with van der Waals surface area (Å²) in [6.45, 7) is 3.91. The molecule has 1 aromatic carbocycles. The number of thioether (sulfide) groups is 1. The molecule has 0 aliphatic carbocycles. The van der Waals surface area contributed by atoms with E-state index in [4.69, 9.17) is 9.84 Å². The van der Waals surface area contributed by atoms with Crippen LogP contribution in [0.25, 0.3) is 0 Å². The van der Waals surface area contributed by atoms with E-state index in [0.29, 0.717) is 5.75 Å². The first-order chi connectivity index (χ1) is 9.06. The molecule has 1 aromatic rings. The summed E-state index contributed by atoms with van der Waals surface area (Å²) in [6, 6.07) is 7.39. The molecule has 0 bridgehead atoms. The molecule has 0 heterocycles. The highest BCUT2D eigenvalue weighted by Gasteiger charge is 2.14. The molecule has 2 N–H and O–H groups in total. The number of aliphatic hydroxyl groups excluding tert-OH is 1. The molecule has 1 atom stereocenters. The third-order valence-electron chi connectivity index (χ3n) is 2.78. The number of hydrogen-bond acceptors (Lipinski definition) is 4. The van der Waals surface area contributed by atoms with Gasteiger partial charge in [-0.3, -0.25) is 4.79 Å². The van der Waals surface area contributed by atoms with Gasteiger partial charge in [-0.25, -0.2) is 0 Å². The van der Waals surface area contributed by atoms with Gasteiger partial charge in [0, 0.05) is 4.90 Å². The van der Waals surface area contributed by atoms with Crippen LogP contribution in [-0.2, 0) is 4.79 Å². The van der Waals surface area contributed by atoms with Crippen LogP contribution < -0.4 is 10.1 Å². The number of amides is 1. The first kappa shape index (κ1) is 15.9. The van der Waals surface area contributed by atoms with Gasteiger partial charge in [0.15, 0.2) is 0 Å². The molecule has 0 aliphatic rings. The predicted octanol–water partition coefficient (Wildman–Crippen LogP) is 1.92. The lowest BCUT2D eigenvalue weighted by atomic mass is 10.1. The van der Waals surface area contributed by atoms with Gasteiger partial charge in [0.1, 0.15) is 5.75 Å².